The Balaban J connectivity index is 2.25. The van der Waals surface area contributed by atoms with E-state index >= 15 is 0 Å². The van der Waals surface area contributed by atoms with Gasteiger partial charge in [0, 0.05) is 11.9 Å². The van der Waals surface area contributed by atoms with E-state index < -0.39 is 0 Å². The van der Waals surface area contributed by atoms with Gasteiger partial charge < -0.3 is 11.1 Å². The van der Waals surface area contributed by atoms with Crippen LogP contribution in [0.4, 0.5) is 5.82 Å². The fourth-order valence-corrected chi connectivity index (χ4v) is 1.63. The lowest BCUT2D eigenvalue weighted by molar-refractivity contribution is 0.102. The van der Waals surface area contributed by atoms with Crippen molar-refractivity contribution in [1.29, 1.82) is 0 Å². The van der Waals surface area contributed by atoms with Crippen LogP contribution in [-0.4, -0.2) is 26.1 Å². The zero-order valence-electron chi connectivity index (χ0n) is 9.60. The van der Waals surface area contributed by atoms with Crippen molar-refractivity contribution in [3.63, 3.8) is 0 Å². The molecule has 0 aliphatic rings. The molecule has 2 aromatic heterocycles. The minimum absolute atomic E-state index is 0.168. The number of thiocarbonyl (C=S) groups is 1. The van der Waals surface area contributed by atoms with E-state index in [-0.39, 0.29) is 10.9 Å². The van der Waals surface area contributed by atoms with Gasteiger partial charge in [0.15, 0.2) is 0 Å². The summed E-state index contributed by atoms with van der Waals surface area (Å²) in [5, 5.41) is 9.09. The molecule has 0 aromatic carbocycles. The average molecular weight is 261 g/mol. The molecule has 0 saturated heterocycles. The fraction of sp³-hybridized carbons (Fsp3) is 0.0909. The van der Waals surface area contributed by atoms with E-state index in [9.17, 15) is 4.79 Å². The molecule has 0 spiro atoms. The summed E-state index contributed by atoms with van der Waals surface area (Å²) >= 11 is 4.85. The van der Waals surface area contributed by atoms with Crippen molar-refractivity contribution >= 4 is 28.9 Å². The Labute approximate surface area is 109 Å². The Morgan fingerprint density at radius 2 is 2.28 bits per heavy atom. The number of pyridine rings is 1. The topological polar surface area (TPSA) is 96.7 Å². The number of carbonyl (C=O) groups excluding carboxylic acids is 1. The highest BCUT2D eigenvalue weighted by molar-refractivity contribution is 7.80. The minimum atomic E-state index is -0.289. The highest BCUT2D eigenvalue weighted by Gasteiger charge is 2.14. The molecule has 0 aliphatic heterocycles. The number of H-pyrrole nitrogens is 1. The second-order valence-electron chi connectivity index (χ2n) is 3.61. The van der Waals surface area contributed by atoms with Crippen LogP contribution < -0.4 is 11.1 Å². The lowest BCUT2D eigenvalue weighted by atomic mass is 10.2. The van der Waals surface area contributed by atoms with E-state index in [1.807, 2.05) is 0 Å². The third-order valence-electron chi connectivity index (χ3n) is 2.39. The average Bonchev–Trinajstić information content (AvgIpc) is 2.77. The number of nitrogens with one attached hydrogen (secondary N) is 2. The van der Waals surface area contributed by atoms with E-state index in [1.54, 1.807) is 25.3 Å². The number of hydrogen-bond acceptors (Lipinski definition) is 4. The van der Waals surface area contributed by atoms with Gasteiger partial charge in [0.25, 0.3) is 5.91 Å². The molecule has 2 rings (SSSR count). The van der Waals surface area contributed by atoms with Gasteiger partial charge in [0.05, 0.1) is 17.3 Å². The summed E-state index contributed by atoms with van der Waals surface area (Å²) < 4.78 is 0. The summed E-state index contributed by atoms with van der Waals surface area (Å²) in [5.41, 5.74) is 7.14. The van der Waals surface area contributed by atoms with Crippen molar-refractivity contribution in [3.05, 3.63) is 41.3 Å². The maximum Gasteiger partial charge on any atom is 0.258 e. The van der Waals surface area contributed by atoms with Crippen molar-refractivity contribution in [2.75, 3.05) is 5.32 Å². The third kappa shape index (κ3) is 2.35. The Kier molecular flexibility index (Phi) is 3.33. The van der Waals surface area contributed by atoms with Gasteiger partial charge in [-0.3, -0.25) is 14.9 Å². The monoisotopic (exact) mass is 261 g/mol. The molecule has 7 heteroatoms. The molecule has 0 bridgehead atoms. The lowest BCUT2D eigenvalue weighted by Crippen LogP contribution is -2.18. The molecule has 0 fully saturated rings. The van der Waals surface area contributed by atoms with Crippen molar-refractivity contribution in [1.82, 2.24) is 15.2 Å². The van der Waals surface area contributed by atoms with Crippen LogP contribution in [0.25, 0.3) is 0 Å². The largest absolute Gasteiger partial charge is 0.389 e. The molecule has 2 aromatic rings. The van der Waals surface area contributed by atoms with Crippen molar-refractivity contribution < 1.29 is 4.79 Å². The van der Waals surface area contributed by atoms with Gasteiger partial charge in [-0.05, 0) is 19.1 Å². The predicted octanol–water partition coefficient (Wildman–Crippen LogP) is 1.000. The normalized spacial score (nSPS) is 10.1. The van der Waals surface area contributed by atoms with Crippen LogP contribution in [0.1, 0.15) is 21.6 Å². The Hall–Kier alpha value is -2.28. The van der Waals surface area contributed by atoms with Crippen molar-refractivity contribution in [2.45, 2.75) is 6.92 Å². The second kappa shape index (κ2) is 4.92. The first-order chi connectivity index (χ1) is 8.59. The maximum absolute atomic E-state index is 12.0. The molecule has 0 aliphatic carbocycles. The smallest absolute Gasteiger partial charge is 0.258 e. The van der Waals surface area contributed by atoms with Gasteiger partial charge in [0.2, 0.25) is 0 Å². The summed E-state index contributed by atoms with van der Waals surface area (Å²) in [6, 6.07) is 3.39. The summed E-state index contributed by atoms with van der Waals surface area (Å²) in [6.07, 6.45) is 3.09. The van der Waals surface area contributed by atoms with Crippen LogP contribution in [-0.2, 0) is 0 Å². The summed E-state index contributed by atoms with van der Waals surface area (Å²) in [6.45, 7) is 1.76. The first-order valence-corrected chi connectivity index (χ1v) is 5.56. The van der Waals surface area contributed by atoms with E-state index in [0.29, 0.717) is 22.6 Å². The van der Waals surface area contributed by atoms with Crippen LogP contribution >= 0.6 is 12.2 Å². The number of anilines is 1. The molecule has 6 nitrogen and oxygen atoms in total. The quantitative estimate of drug-likeness (QED) is 0.716. The number of aromatic amines is 1. The lowest BCUT2D eigenvalue weighted by Gasteiger charge is -2.06. The van der Waals surface area contributed by atoms with Crippen molar-refractivity contribution in [2.24, 2.45) is 5.73 Å². The predicted molar refractivity (Wildman–Crippen MR) is 71.4 cm³/mol. The molecule has 0 atom stereocenters. The van der Waals surface area contributed by atoms with Crippen LogP contribution in [0.3, 0.4) is 0 Å². The molecular formula is C11H11N5OS. The zero-order chi connectivity index (χ0) is 13.1. The number of hydrogen-bond donors (Lipinski definition) is 3. The van der Waals surface area contributed by atoms with Crippen LogP contribution in [0.5, 0.6) is 0 Å². The van der Waals surface area contributed by atoms with E-state index in [4.69, 9.17) is 18.0 Å². The zero-order valence-corrected chi connectivity index (χ0v) is 10.4. The number of nitrogens with zero attached hydrogens (tertiary/aromatic N) is 2. The van der Waals surface area contributed by atoms with Crippen LogP contribution in [0.2, 0.25) is 0 Å². The number of rotatable bonds is 3. The molecule has 0 unspecified atom stereocenters. The highest BCUT2D eigenvalue weighted by Crippen LogP contribution is 2.13. The van der Waals surface area contributed by atoms with E-state index in [0.717, 1.165) is 0 Å². The molecule has 2 heterocycles. The summed E-state index contributed by atoms with van der Waals surface area (Å²) in [7, 11) is 0. The minimum Gasteiger partial charge on any atom is -0.389 e. The molecular weight excluding hydrogens is 250 g/mol. The number of aryl methyl sites for hydroxylation is 1. The van der Waals surface area contributed by atoms with Crippen LogP contribution in [0, 0.1) is 6.92 Å². The van der Waals surface area contributed by atoms with Gasteiger partial charge in [-0.25, -0.2) is 0 Å². The third-order valence-corrected chi connectivity index (χ3v) is 2.61. The Bertz CT molecular complexity index is 607. The molecule has 92 valence electrons. The number of aromatic nitrogens is 3. The fourth-order valence-electron chi connectivity index (χ4n) is 1.47. The second-order valence-corrected chi connectivity index (χ2v) is 4.05. The van der Waals surface area contributed by atoms with Gasteiger partial charge in [-0.1, -0.05) is 12.2 Å². The van der Waals surface area contributed by atoms with Gasteiger partial charge in [0.1, 0.15) is 10.8 Å². The van der Waals surface area contributed by atoms with E-state index in [1.165, 1.54) is 6.20 Å². The molecule has 4 N–H and O–H groups in total. The first kappa shape index (κ1) is 12.2. The summed E-state index contributed by atoms with van der Waals surface area (Å²) in [5.74, 6) is 0.0955. The molecule has 18 heavy (non-hydrogen) atoms. The maximum atomic E-state index is 12.0. The SMILES string of the molecule is Cc1ncccc1C(=O)Nc1[nH]ncc1C(N)=S. The Morgan fingerprint density at radius 3 is 2.94 bits per heavy atom. The van der Waals surface area contributed by atoms with Crippen LogP contribution in [0.15, 0.2) is 24.5 Å². The standard InChI is InChI=1S/C11H11N5OS/c1-6-7(3-2-4-13-6)11(17)15-10-8(9(12)18)5-14-16-10/h2-5H,1H3,(H2,12,18)(H2,14,15,16,17). The number of nitrogens with two attached hydrogens (primary N) is 1. The van der Waals surface area contributed by atoms with Gasteiger partial charge >= 0.3 is 0 Å². The van der Waals surface area contributed by atoms with E-state index in [2.05, 4.69) is 20.5 Å². The molecule has 0 radical (unpaired) electrons. The Morgan fingerprint density at radius 1 is 1.50 bits per heavy atom. The highest BCUT2D eigenvalue weighted by atomic mass is 32.1. The first-order valence-electron chi connectivity index (χ1n) is 5.15. The summed E-state index contributed by atoms with van der Waals surface area (Å²) in [4.78, 5) is 16.2. The van der Waals surface area contributed by atoms with Gasteiger partial charge in [-0.15, -0.1) is 0 Å². The van der Waals surface area contributed by atoms with Crippen molar-refractivity contribution in [3.8, 4) is 0 Å². The van der Waals surface area contributed by atoms with Gasteiger partial charge in [-0.2, -0.15) is 5.10 Å². The number of carbonyl (C=O) groups is 1. The number of amides is 1. The molecule has 0 saturated carbocycles. The molecule has 1 amide bonds.